The molecule has 1 aromatic carbocycles. The molecular weight excluding hydrogens is 296 g/mol. The van der Waals surface area contributed by atoms with Crippen LogP contribution in [0.3, 0.4) is 0 Å². The summed E-state index contributed by atoms with van der Waals surface area (Å²) in [6.07, 6.45) is 1.45. The van der Waals surface area contributed by atoms with E-state index in [2.05, 4.69) is 4.72 Å². The minimum Gasteiger partial charge on any atom is -0.389 e. The number of hydrogen-bond donors (Lipinski definition) is 2. The first-order valence-electron chi connectivity index (χ1n) is 6.42. The minimum absolute atomic E-state index is 0.0773. The lowest BCUT2D eigenvalue weighted by molar-refractivity contribution is 0.0173. The van der Waals surface area contributed by atoms with E-state index in [1.165, 1.54) is 12.1 Å². The van der Waals surface area contributed by atoms with Gasteiger partial charge in [-0.3, -0.25) is 0 Å². The molecule has 0 aliphatic carbocycles. The van der Waals surface area contributed by atoms with Gasteiger partial charge in [-0.1, -0.05) is 24.4 Å². The van der Waals surface area contributed by atoms with Gasteiger partial charge in [-0.25, -0.2) is 13.1 Å². The number of hydrogen-bond acceptors (Lipinski definition) is 4. The van der Waals surface area contributed by atoms with Crippen molar-refractivity contribution in [3.05, 3.63) is 29.8 Å². The molecule has 1 aliphatic rings. The Bertz CT molecular complexity index is 584. The summed E-state index contributed by atoms with van der Waals surface area (Å²) in [5.74, 6) is 0. The number of thiocarbonyl (C=S) groups is 1. The van der Waals surface area contributed by atoms with Crippen LogP contribution in [0, 0.1) is 0 Å². The van der Waals surface area contributed by atoms with E-state index in [9.17, 15) is 8.42 Å². The highest BCUT2D eigenvalue weighted by Gasteiger charge is 2.25. The first-order chi connectivity index (χ1) is 9.38. The predicted octanol–water partition coefficient (Wildman–Crippen LogP) is 1.17. The van der Waals surface area contributed by atoms with Gasteiger partial charge in [-0.15, -0.1) is 0 Å². The number of ether oxygens (including phenoxy) is 1. The molecule has 1 aliphatic heterocycles. The second-order valence-corrected chi connectivity index (χ2v) is 7.07. The molecule has 20 heavy (non-hydrogen) atoms. The summed E-state index contributed by atoms with van der Waals surface area (Å²) >= 11 is 4.84. The van der Waals surface area contributed by atoms with Crippen LogP contribution in [-0.4, -0.2) is 32.2 Å². The summed E-state index contributed by atoms with van der Waals surface area (Å²) in [5, 5.41) is 0. The molecule has 0 spiro atoms. The molecular formula is C13H18N2O3S2. The van der Waals surface area contributed by atoms with Crippen molar-refractivity contribution in [3.8, 4) is 0 Å². The molecule has 1 heterocycles. The molecule has 2 rings (SSSR count). The maximum atomic E-state index is 12.3. The van der Waals surface area contributed by atoms with Gasteiger partial charge in [0.05, 0.1) is 11.0 Å². The number of sulfonamides is 1. The van der Waals surface area contributed by atoms with Crippen molar-refractivity contribution in [2.45, 2.75) is 36.8 Å². The molecule has 2 unspecified atom stereocenters. The molecule has 7 heteroatoms. The van der Waals surface area contributed by atoms with E-state index in [1.54, 1.807) is 12.1 Å². The summed E-state index contributed by atoms with van der Waals surface area (Å²) in [5.41, 5.74) is 6.14. The van der Waals surface area contributed by atoms with Gasteiger partial charge in [0, 0.05) is 18.2 Å². The summed E-state index contributed by atoms with van der Waals surface area (Å²) in [6, 6.07) is 6.17. The minimum atomic E-state index is -3.52. The normalized spacial score (nSPS) is 23.4. The third-order valence-corrected chi connectivity index (χ3v) is 5.03. The van der Waals surface area contributed by atoms with E-state index in [-0.39, 0.29) is 22.0 Å². The third-order valence-electron chi connectivity index (χ3n) is 3.26. The van der Waals surface area contributed by atoms with E-state index >= 15 is 0 Å². The molecule has 2 atom stereocenters. The Balaban J connectivity index is 2.11. The topological polar surface area (TPSA) is 81.4 Å². The molecule has 5 nitrogen and oxygen atoms in total. The van der Waals surface area contributed by atoms with Gasteiger partial charge >= 0.3 is 0 Å². The molecule has 110 valence electrons. The van der Waals surface area contributed by atoms with Crippen LogP contribution < -0.4 is 10.5 Å². The van der Waals surface area contributed by atoms with Crippen LogP contribution in [0.1, 0.15) is 25.3 Å². The molecule has 0 amide bonds. The van der Waals surface area contributed by atoms with Gasteiger partial charge < -0.3 is 10.5 Å². The van der Waals surface area contributed by atoms with Crippen LogP contribution in [-0.2, 0) is 14.8 Å². The third kappa shape index (κ3) is 3.76. The summed E-state index contributed by atoms with van der Waals surface area (Å²) < 4.78 is 32.7. The molecule has 1 fully saturated rings. The fourth-order valence-corrected chi connectivity index (χ4v) is 3.61. The van der Waals surface area contributed by atoms with Gasteiger partial charge in [0.15, 0.2) is 0 Å². The monoisotopic (exact) mass is 314 g/mol. The lowest BCUT2D eigenvalue weighted by Crippen LogP contribution is -2.41. The predicted molar refractivity (Wildman–Crippen MR) is 81.1 cm³/mol. The van der Waals surface area contributed by atoms with Gasteiger partial charge in [0.1, 0.15) is 4.99 Å². The van der Waals surface area contributed by atoms with E-state index in [4.69, 9.17) is 22.7 Å². The maximum Gasteiger partial charge on any atom is 0.240 e. The number of rotatable bonds is 4. The van der Waals surface area contributed by atoms with Gasteiger partial charge in [-0.2, -0.15) is 0 Å². The molecule has 0 bridgehead atoms. The number of nitrogens with two attached hydrogens (primary N) is 1. The standard InChI is InChI=1S/C13H18N2O3S2/c1-9-8-11(6-7-18-9)15-20(16,17)12-4-2-10(3-5-12)13(14)19/h2-5,9,11,15H,6-8H2,1H3,(H2,14,19). The second-order valence-electron chi connectivity index (χ2n) is 4.91. The van der Waals surface area contributed by atoms with Crippen molar-refractivity contribution in [3.63, 3.8) is 0 Å². The fourth-order valence-electron chi connectivity index (χ4n) is 2.19. The zero-order valence-electron chi connectivity index (χ0n) is 11.2. The first kappa shape index (κ1) is 15.4. The lowest BCUT2D eigenvalue weighted by atomic mass is 10.1. The van der Waals surface area contributed by atoms with Gasteiger partial charge in [0.2, 0.25) is 10.0 Å². The van der Waals surface area contributed by atoms with Crippen LogP contribution in [0.15, 0.2) is 29.2 Å². The van der Waals surface area contributed by atoms with E-state index in [0.717, 1.165) is 0 Å². The van der Waals surface area contributed by atoms with E-state index in [0.29, 0.717) is 25.0 Å². The Kier molecular flexibility index (Phi) is 4.74. The molecule has 1 saturated heterocycles. The van der Waals surface area contributed by atoms with E-state index < -0.39 is 10.0 Å². The highest BCUT2D eigenvalue weighted by molar-refractivity contribution is 7.89. The first-order valence-corrected chi connectivity index (χ1v) is 8.31. The Morgan fingerprint density at radius 1 is 1.40 bits per heavy atom. The van der Waals surface area contributed by atoms with Crippen molar-refractivity contribution < 1.29 is 13.2 Å². The van der Waals surface area contributed by atoms with Crippen LogP contribution in [0.25, 0.3) is 0 Å². The largest absolute Gasteiger partial charge is 0.389 e. The second kappa shape index (κ2) is 6.17. The van der Waals surface area contributed by atoms with Gasteiger partial charge in [-0.05, 0) is 31.9 Å². The Morgan fingerprint density at radius 2 is 2.05 bits per heavy atom. The number of nitrogens with one attached hydrogen (secondary N) is 1. The molecule has 1 aromatic rings. The van der Waals surface area contributed by atoms with Crippen LogP contribution in [0.4, 0.5) is 0 Å². The quantitative estimate of drug-likeness (QED) is 0.815. The average molecular weight is 314 g/mol. The van der Waals surface area contributed by atoms with Crippen LogP contribution in [0.2, 0.25) is 0 Å². The summed E-state index contributed by atoms with van der Waals surface area (Å²) in [4.78, 5) is 0.469. The van der Waals surface area contributed by atoms with Crippen molar-refractivity contribution in [1.82, 2.24) is 4.72 Å². The molecule has 3 N–H and O–H groups in total. The fraction of sp³-hybridized carbons (Fsp3) is 0.462. The Labute approximate surface area is 124 Å². The van der Waals surface area contributed by atoms with Gasteiger partial charge in [0.25, 0.3) is 0 Å². The summed E-state index contributed by atoms with van der Waals surface area (Å²) in [7, 11) is -3.52. The zero-order valence-corrected chi connectivity index (χ0v) is 12.8. The highest BCUT2D eigenvalue weighted by atomic mass is 32.2. The molecule has 0 radical (unpaired) electrons. The van der Waals surface area contributed by atoms with Crippen LogP contribution >= 0.6 is 12.2 Å². The van der Waals surface area contributed by atoms with Crippen molar-refractivity contribution in [2.75, 3.05) is 6.61 Å². The smallest absolute Gasteiger partial charge is 0.240 e. The Morgan fingerprint density at radius 3 is 2.60 bits per heavy atom. The average Bonchev–Trinajstić information content (AvgIpc) is 2.38. The molecule has 0 aromatic heterocycles. The zero-order chi connectivity index (χ0) is 14.8. The molecule has 0 saturated carbocycles. The number of benzene rings is 1. The van der Waals surface area contributed by atoms with Crippen LogP contribution in [0.5, 0.6) is 0 Å². The maximum absolute atomic E-state index is 12.3. The lowest BCUT2D eigenvalue weighted by Gasteiger charge is -2.27. The van der Waals surface area contributed by atoms with Crippen molar-refractivity contribution in [1.29, 1.82) is 0 Å². The van der Waals surface area contributed by atoms with Crippen molar-refractivity contribution in [2.24, 2.45) is 5.73 Å². The Hall–Kier alpha value is -1.02. The SMILES string of the molecule is CC1CC(NS(=O)(=O)c2ccc(C(N)=S)cc2)CCO1. The van der Waals surface area contributed by atoms with Crippen molar-refractivity contribution >= 4 is 27.2 Å². The van der Waals surface area contributed by atoms with E-state index in [1.807, 2.05) is 6.92 Å². The summed E-state index contributed by atoms with van der Waals surface area (Å²) in [6.45, 7) is 2.52. The highest BCUT2D eigenvalue weighted by Crippen LogP contribution is 2.17.